The Labute approximate surface area is 117 Å². The van der Waals surface area contributed by atoms with Crippen LogP contribution < -0.4 is 11.1 Å². The fraction of sp³-hybridized carbons (Fsp3) is 0.385. The van der Waals surface area contributed by atoms with E-state index in [4.69, 9.17) is 10.5 Å². The van der Waals surface area contributed by atoms with E-state index >= 15 is 0 Å². The van der Waals surface area contributed by atoms with E-state index in [1.165, 1.54) is 11.5 Å². The third-order valence-electron chi connectivity index (χ3n) is 2.69. The molecule has 0 spiro atoms. The maximum absolute atomic E-state index is 5.95. The highest BCUT2D eigenvalue weighted by molar-refractivity contribution is 7.11. The van der Waals surface area contributed by atoms with Crippen molar-refractivity contribution in [1.29, 1.82) is 0 Å². The molecule has 1 atom stereocenters. The van der Waals surface area contributed by atoms with Gasteiger partial charge in [0, 0.05) is 25.5 Å². The van der Waals surface area contributed by atoms with Crippen LogP contribution in [0.1, 0.15) is 13.8 Å². The Hall–Kier alpha value is -1.66. The molecule has 0 bridgehead atoms. The predicted octanol–water partition coefficient (Wildman–Crippen LogP) is 2.62. The minimum Gasteiger partial charge on any atom is -0.382 e. The fourth-order valence-corrected chi connectivity index (χ4v) is 2.54. The number of hydrogen-bond donors (Lipinski definition) is 2. The molecule has 2 rings (SSSR count). The van der Waals surface area contributed by atoms with Crippen molar-refractivity contribution in [1.82, 2.24) is 9.36 Å². The normalized spacial score (nSPS) is 12.3. The van der Waals surface area contributed by atoms with Gasteiger partial charge in [-0.2, -0.15) is 4.37 Å². The lowest BCUT2D eigenvalue weighted by Gasteiger charge is -2.13. The van der Waals surface area contributed by atoms with Gasteiger partial charge in [0.2, 0.25) is 0 Å². The molecule has 102 valence electrons. The number of aromatic nitrogens is 2. The summed E-state index contributed by atoms with van der Waals surface area (Å²) >= 11 is 1.37. The molecule has 0 saturated heterocycles. The highest BCUT2D eigenvalue weighted by Crippen LogP contribution is 2.36. The van der Waals surface area contributed by atoms with Crippen LogP contribution in [0.3, 0.4) is 0 Å². The van der Waals surface area contributed by atoms with E-state index in [0.717, 1.165) is 22.7 Å². The Morgan fingerprint density at radius 2 is 2.16 bits per heavy atom. The van der Waals surface area contributed by atoms with Gasteiger partial charge < -0.3 is 15.8 Å². The molecule has 1 unspecified atom stereocenters. The molecule has 0 aliphatic carbocycles. The second kappa shape index (κ2) is 6.49. The first-order valence-electron chi connectivity index (χ1n) is 6.23. The third kappa shape index (κ3) is 3.42. The molecule has 0 aliphatic heterocycles. The molecular formula is C13H18N4OS. The summed E-state index contributed by atoms with van der Waals surface area (Å²) in [6.07, 6.45) is 3.65. The third-order valence-corrected chi connectivity index (χ3v) is 3.51. The van der Waals surface area contributed by atoms with Crippen LogP contribution in [0.4, 0.5) is 10.8 Å². The molecule has 2 heterocycles. The number of pyridine rings is 1. The van der Waals surface area contributed by atoms with Crippen LogP contribution in [-0.4, -0.2) is 28.6 Å². The minimum absolute atomic E-state index is 0.151. The molecule has 2 aromatic rings. The second-order valence-corrected chi connectivity index (χ2v) is 4.93. The lowest BCUT2D eigenvalue weighted by molar-refractivity contribution is 0.0856. The van der Waals surface area contributed by atoms with Crippen molar-refractivity contribution in [2.45, 2.75) is 20.0 Å². The molecule has 0 radical (unpaired) electrons. The van der Waals surface area contributed by atoms with Gasteiger partial charge in [0.15, 0.2) is 0 Å². The Balaban J connectivity index is 2.14. The smallest absolute Gasteiger partial charge is 0.147 e. The zero-order valence-corrected chi connectivity index (χ0v) is 11.9. The summed E-state index contributed by atoms with van der Waals surface area (Å²) in [6.45, 7) is 5.47. The van der Waals surface area contributed by atoms with Gasteiger partial charge in [0.05, 0.1) is 11.7 Å². The van der Waals surface area contributed by atoms with Gasteiger partial charge in [0.25, 0.3) is 0 Å². The number of anilines is 2. The van der Waals surface area contributed by atoms with Crippen LogP contribution in [0.15, 0.2) is 24.5 Å². The minimum atomic E-state index is 0.151. The number of nitrogens with two attached hydrogens (primary N) is 1. The molecule has 0 amide bonds. The van der Waals surface area contributed by atoms with Crippen molar-refractivity contribution in [2.24, 2.45) is 0 Å². The van der Waals surface area contributed by atoms with E-state index in [-0.39, 0.29) is 6.10 Å². The van der Waals surface area contributed by atoms with E-state index in [1.807, 2.05) is 26.0 Å². The average molecular weight is 278 g/mol. The van der Waals surface area contributed by atoms with Crippen molar-refractivity contribution >= 4 is 22.4 Å². The zero-order valence-electron chi connectivity index (χ0n) is 11.1. The van der Waals surface area contributed by atoms with Crippen LogP contribution in [0.25, 0.3) is 11.1 Å². The van der Waals surface area contributed by atoms with Gasteiger partial charge in [-0.25, -0.2) is 0 Å². The molecule has 0 aliphatic rings. The maximum atomic E-state index is 5.95. The van der Waals surface area contributed by atoms with Crippen LogP contribution in [-0.2, 0) is 4.74 Å². The summed E-state index contributed by atoms with van der Waals surface area (Å²) in [4.78, 5) is 4.01. The summed E-state index contributed by atoms with van der Waals surface area (Å²) in [7, 11) is 0. The first-order valence-corrected chi connectivity index (χ1v) is 7.00. The van der Waals surface area contributed by atoms with Crippen molar-refractivity contribution in [3.05, 3.63) is 24.5 Å². The van der Waals surface area contributed by atoms with E-state index in [2.05, 4.69) is 14.7 Å². The molecule has 5 nitrogen and oxygen atoms in total. The topological polar surface area (TPSA) is 73.1 Å². The van der Waals surface area contributed by atoms with Crippen LogP contribution in [0.2, 0.25) is 0 Å². The monoisotopic (exact) mass is 278 g/mol. The van der Waals surface area contributed by atoms with Crippen molar-refractivity contribution in [3.8, 4) is 11.1 Å². The molecule has 0 saturated carbocycles. The Morgan fingerprint density at radius 3 is 2.84 bits per heavy atom. The molecular weight excluding hydrogens is 260 g/mol. The van der Waals surface area contributed by atoms with Crippen LogP contribution in [0.5, 0.6) is 0 Å². The average Bonchev–Trinajstić information content (AvgIpc) is 2.79. The number of nitrogens with one attached hydrogen (secondary N) is 1. The van der Waals surface area contributed by atoms with Crippen molar-refractivity contribution in [3.63, 3.8) is 0 Å². The highest BCUT2D eigenvalue weighted by Gasteiger charge is 2.14. The van der Waals surface area contributed by atoms with Gasteiger partial charge in [-0.1, -0.05) is 0 Å². The number of hydrogen-bond acceptors (Lipinski definition) is 6. The van der Waals surface area contributed by atoms with E-state index in [9.17, 15) is 0 Å². The zero-order chi connectivity index (χ0) is 13.7. The standard InChI is InChI=1S/C13H18N4OS/c1-3-18-9(2)8-16-13-11(12(14)17-19-13)10-4-6-15-7-5-10/h4-7,9,16H,3,8H2,1-2H3,(H2,14,17). The van der Waals surface area contributed by atoms with E-state index < -0.39 is 0 Å². The van der Waals surface area contributed by atoms with Gasteiger partial charge in [-0.15, -0.1) is 0 Å². The predicted molar refractivity (Wildman–Crippen MR) is 79.3 cm³/mol. The summed E-state index contributed by atoms with van der Waals surface area (Å²) in [5.74, 6) is 0.544. The Kier molecular flexibility index (Phi) is 4.70. The highest BCUT2D eigenvalue weighted by atomic mass is 32.1. The maximum Gasteiger partial charge on any atom is 0.147 e. The fourth-order valence-electron chi connectivity index (χ4n) is 1.80. The summed E-state index contributed by atoms with van der Waals surface area (Å²) in [5, 5.41) is 4.32. The van der Waals surface area contributed by atoms with Gasteiger partial charge >= 0.3 is 0 Å². The second-order valence-electron chi connectivity index (χ2n) is 4.15. The Morgan fingerprint density at radius 1 is 1.42 bits per heavy atom. The van der Waals surface area contributed by atoms with Gasteiger partial charge in [-0.05, 0) is 43.1 Å². The number of nitrogen functional groups attached to an aromatic ring is 1. The van der Waals surface area contributed by atoms with E-state index in [1.54, 1.807) is 12.4 Å². The van der Waals surface area contributed by atoms with Gasteiger partial charge in [0.1, 0.15) is 10.8 Å². The summed E-state index contributed by atoms with van der Waals surface area (Å²) < 4.78 is 9.71. The summed E-state index contributed by atoms with van der Waals surface area (Å²) in [5.41, 5.74) is 7.91. The van der Waals surface area contributed by atoms with Crippen LogP contribution in [0, 0.1) is 0 Å². The first-order chi connectivity index (χ1) is 9.22. The largest absolute Gasteiger partial charge is 0.382 e. The molecule has 0 fully saturated rings. The lowest BCUT2D eigenvalue weighted by Crippen LogP contribution is -2.19. The number of rotatable bonds is 6. The van der Waals surface area contributed by atoms with E-state index in [0.29, 0.717) is 12.4 Å². The molecule has 0 aromatic carbocycles. The molecule has 3 N–H and O–H groups in total. The SMILES string of the molecule is CCOC(C)CNc1snc(N)c1-c1ccncc1. The van der Waals surface area contributed by atoms with Crippen molar-refractivity contribution in [2.75, 3.05) is 24.2 Å². The molecule has 6 heteroatoms. The molecule has 2 aromatic heterocycles. The summed E-state index contributed by atoms with van der Waals surface area (Å²) in [6, 6.07) is 3.86. The molecule has 19 heavy (non-hydrogen) atoms. The first kappa shape index (κ1) is 13.8. The quantitative estimate of drug-likeness (QED) is 0.849. The lowest BCUT2D eigenvalue weighted by atomic mass is 10.1. The number of nitrogens with zero attached hydrogens (tertiary/aromatic N) is 2. The number of ether oxygens (including phenoxy) is 1. The van der Waals surface area contributed by atoms with Crippen molar-refractivity contribution < 1.29 is 4.74 Å². The van der Waals surface area contributed by atoms with Gasteiger partial charge in [-0.3, -0.25) is 4.98 Å². The Bertz CT molecular complexity index is 515. The van der Waals surface area contributed by atoms with Crippen LogP contribution >= 0.6 is 11.5 Å².